The third-order valence-electron chi connectivity index (χ3n) is 3.94. The second kappa shape index (κ2) is 5.73. The molecule has 21 heavy (non-hydrogen) atoms. The Hall–Kier alpha value is -2.08. The molecule has 3 amide bonds. The van der Waals surface area contributed by atoms with Crippen molar-refractivity contribution >= 4 is 11.9 Å². The monoisotopic (exact) mass is 289 g/mol. The van der Waals surface area contributed by atoms with Gasteiger partial charge in [0.25, 0.3) is 5.91 Å². The lowest BCUT2D eigenvalue weighted by Crippen LogP contribution is -2.48. The van der Waals surface area contributed by atoms with Crippen LogP contribution in [0.2, 0.25) is 0 Å². The molecule has 6 nitrogen and oxygen atoms in total. The first-order valence-electron chi connectivity index (χ1n) is 7.24. The van der Waals surface area contributed by atoms with Crippen LogP contribution in [-0.2, 0) is 4.79 Å². The number of nitrogens with one attached hydrogen (secondary N) is 2. The topological polar surface area (TPSA) is 70.7 Å². The lowest BCUT2D eigenvalue weighted by Gasteiger charge is -2.19. The van der Waals surface area contributed by atoms with Crippen molar-refractivity contribution in [3.8, 4) is 5.75 Å². The number of carbonyl (C=O) groups excluding carboxylic acids is 2. The van der Waals surface area contributed by atoms with Crippen LogP contribution in [0, 0.1) is 0 Å². The molecule has 2 fully saturated rings. The molecule has 3 rings (SSSR count). The number of imide groups is 1. The minimum absolute atomic E-state index is 0.114. The van der Waals surface area contributed by atoms with Crippen molar-refractivity contribution in [3.05, 3.63) is 30.3 Å². The van der Waals surface area contributed by atoms with Crippen LogP contribution >= 0.6 is 0 Å². The Morgan fingerprint density at radius 1 is 1.24 bits per heavy atom. The summed E-state index contributed by atoms with van der Waals surface area (Å²) < 4.78 is 5.57. The van der Waals surface area contributed by atoms with Gasteiger partial charge in [-0.15, -0.1) is 0 Å². The number of amides is 3. The number of urea groups is 1. The van der Waals surface area contributed by atoms with Crippen LogP contribution in [-0.4, -0.2) is 48.6 Å². The Labute approximate surface area is 123 Å². The van der Waals surface area contributed by atoms with Crippen LogP contribution in [0.4, 0.5) is 4.79 Å². The normalized spacial score (nSPS) is 24.7. The summed E-state index contributed by atoms with van der Waals surface area (Å²) in [6, 6.07) is 9.21. The van der Waals surface area contributed by atoms with Crippen molar-refractivity contribution in [1.29, 1.82) is 0 Å². The third kappa shape index (κ3) is 2.71. The van der Waals surface area contributed by atoms with E-state index in [0.29, 0.717) is 32.5 Å². The molecule has 1 aromatic rings. The molecule has 0 aromatic heterocycles. The number of rotatable bonds is 5. The molecule has 1 spiro atoms. The number of nitrogens with zero attached hydrogens (tertiary/aromatic N) is 1. The van der Waals surface area contributed by atoms with Gasteiger partial charge in [0.1, 0.15) is 11.3 Å². The molecule has 1 unspecified atom stereocenters. The lowest BCUT2D eigenvalue weighted by molar-refractivity contribution is -0.130. The first-order valence-corrected chi connectivity index (χ1v) is 7.24. The van der Waals surface area contributed by atoms with Gasteiger partial charge in [-0.3, -0.25) is 9.69 Å². The van der Waals surface area contributed by atoms with Gasteiger partial charge in [-0.1, -0.05) is 18.2 Å². The molecule has 112 valence electrons. The van der Waals surface area contributed by atoms with E-state index in [1.807, 2.05) is 30.3 Å². The Balaban J connectivity index is 1.49. The summed E-state index contributed by atoms with van der Waals surface area (Å²) in [4.78, 5) is 25.6. The van der Waals surface area contributed by atoms with Gasteiger partial charge >= 0.3 is 6.03 Å². The fraction of sp³-hybridized carbons (Fsp3) is 0.467. The third-order valence-corrected chi connectivity index (χ3v) is 3.94. The van der Waals surface area contributed by atoms with E-state index < -0.39 is 5.54 Å². The fourth-order valence-electron chi connectivity index (χ4n) is 2.79. The van der Waals surface area contributed by atoms with E-state index in [-0.39, 0.29) is 11.9 Å². The number of hydrogen-bond donors (Lipinski definition) is 2. The predicted molar refractivity (Wildman–Crippen MR) is 77.0 cm³/mol. The number of para-hydroxylation sites is 1. The average molecular weight is 289 g/mol. The van der Waals surface area contributed by atoms with Crippen LogP contribution in [0.15, 0.2) is 30.3 Å². The minimum Gasteiger partial charge on any atom is -0.494 e. The Morgan fingerprint density at radius 3 is 2.76 bits per heavy atom. The van der Waals surface area contributed by atoms with Gasteiger partial charge in [-0.25, -0.2) is 4.79 Å². The summed E-state index contributed by atoms with van der Waals surface area (Å²) in [5, 5.41) is 5.95. The number of carbonyl (C=O) groups is 2. The van der Waals surface area contributed by atoms with Crippen molar-refractivity contribution < 1.29 is 14.3 Å². The summed E-state index contributed by atoms with van der Waals surface area (Å²) in [6.07, 6.45) is 1.28. The largest absolute Gasteiger partial charge is 0.494 e. The first-order chi connectivity index (χ1) is 10.2. The minimum atomic E-state index is -0.711. The quantitative estimate of drug-likeness (QED) is 0.619. The van der Waals surface area contributed by atoms with Crippen molar-refractivity contribution in [2.45, 2.75) is 18.4 Å². The highest BCUT2D eigenvalue weighted by atomic mass is 16.5. The summed E-state index contributed by atoms with van der Waals surface area (Å²) in [5.74, 6) is 0.684. The van der Waals surface area contributed by atoms with E-state index in [1.54, 1.807) is 0 Å². The predicted octanol–water partition coefficient (Wildman–Crippen LogP) is 0.739. The SMILES string of the molecule is O=C1NC2(CCNC2)C(=O)N1CCCOc1ccccc1. The average Bonchev–Trinajstić information content (AvgIpc) is 3.05. The van der Waals surface area contributed by atoms with Crippen LogP contribution in [0.25, 0.3) is 0 Å². The molecule has 6 heteroatoms. The Bertz CT molecular complexity index is 526. The molecule has 2 heterocycles. The van der Waals surface area contributed by atoms with E-state index in [1.165, 1.54) is 4.90 Å². The molecule has 1 atom stereocenters. The van der Waals surface area contributed by atoms with E-state index in [9.17, 15) is 9.59 Å². The first kappa shape index (κ1) is 13.9. The van der Waals surface area contributed by atoms with Crippen molar-refractivity contribution in [1.82, 2.24) is 15.5 Å². The summed E-state index contributed by atoms with van der Waals surface area (Å²) in [5.41, 5.74) is -0.711. The van der Waals surface area contributed by atoms with Crippen LogP contribution in [0.3, 0.4) is 0 Å². The molecule has 0 bridgehead atoms. The number of benzene rings is 1. The Morgan fingerprint density at radius 2 is 2.05 bits per heavy atom. The van der Waals surface area contributed by atoms with Gasteiger partial charge < -0.3 is 15.4 Å². The molecule has 2 N–H and O–H groups in total. The second-order valence-electron chi connectivity index (χ2n) is 5.41. The summed E-state index contributed by atoms with van der Waals surface area (Å²) >= 11 is 0. The van der Waals surface area contributed by atoms with E-state index in [0.717, 1.165) is 12.3 Å². The van der Waals surface area contributed by atoms with Gasteiger partial charge in [0.15, 0.2) is 0 Å². The van der Waals surface area contributed by atoms with Crippen LogP contribution in [0.5, 0.6) is 5.75 Å². The van der Waals surface area contributed by atoms with Gasteiger partial charge in [-0.05, 0) is 31.5 Å². The van der Waals surface area contributed by atoms with Crippen LogP contribution in [0.1, 0.15) is 12.8 Å². The summed E-state index contributed by atoms with van der Waals surface area (Å²) in [7, 11) is 0. The fourth-order valence-corrected chi connectivity index (χ4v) is 2.79. The molecule has 1 aromatic carbocycles. The molecule has 0 saturated carbocycles. The molecular formula is C15H19N3O3. The second-order valence-corrected chi connectivity index (χ2v) is 5.41. The maximum atomic E-state index is 12.4. The molecule has 2 aliphatic rings. The maximum Gasteiger partial charge on any atom is 0.325 e. The van der Waals surface area contributed by atoms with Crippen molar-refractivity contribution in [2.24, 2.45) is 0 Å². The molecule has 0 aliphatic carbocycles. The van der Waals surface area contributed by atoms with E-state index >= 15 is 0 Å². The molecule has 0 radical (unpaired) electrons. The summed E-state index contributed by atoms with van der Waals surface area (Å²) in [6.45, 7) is 2.15. The molecule has 2 aliphatic heterocycles. The number of hydrogen-bond acceptors (Lipinski definition) is 4. The Kier molecular flexibility index (Phi) is 3.79. The highest BCUT2D eigenvalue weighted by Crippen LogP contribution is 2.24. The maximum absolute atomic E-state index is 12.4. The highest BCUT2D eigenvalue weighted by molar-refractivity contribution is 6.07. The van der Waals surface area contributed by atoms with Gasteiger partial charge in [0.2, 0.25) is 0 Å². The lowest BCUT2D eigenvalue weighted by atomic mass is 9.99. The zero-order chi connectivity index (χ0) is 14.7. The molecular weight excluding hydrogens is 270 g/mol. The smallest absolute Gasteiger partial charge is 0.325 e. The van der Waals surface area contributed by atoms with E-state index in [2.05, 4.69) is 10.6 Å². The zero-order valence-electron chi connectivity index (χ0n) is 11.8. The standard InChI is InChI=1S/C15H19N3O3/c19-13-15(7-8-16-11-15)17-14(20)18(13)9-4-10-21-12-5-2-1-3-6-12/h1-3,5-6,16H,4,7-11H2,(H,17,20). The van der Waals surface area contributed by atoms with Gasteiger partial charge in [0.05, 0.1) is 6.61 Å². The van der Waals surface area contributed by atoms with Gasteiger partial charge in [0, 0.05) is 13.1 Å². The van der Waals surface area contributed by atoms with Gasteiger partial charge in [-0.2, -0.15) is 0 Å². The zero-order valence-corrected chi connectivity index (χ0v) is 11.8. The number of ether oxygens (including phenoxy) is 1. The molecule has 2 saturated heterocycles. The van der Waals surface area contributed by atoms with Crippen molar-refractivity contribution in [3.63, 3.8) is 0 Å². The van der Waals surface area contributed by atoms with E-state index in [4.69, 9.17) is 4.74 Å². The highest BCUT2D eigenvalue weighted by Gasteiger charge is 2.52. The van der Waals surface area contributed by atoms with Crippen molar-refractivity contribution in [2.75, 3.05) is 26.2 Å². The van der Waals surface area contributed by atoms with Crippen LogP contribution < -0.4 is 15.4 Å².